The maximum absolute atomic E-state index is 13.5. The number of para-hydroxylation sites is 1. The normalized spacial score (nSPS) is 12.2. The predicted octanol–water partition coefficient (Wildman–Crippen LogP) is 6.12. The Kier molecular flexibility index (Phi) is 6.47. The molecule has 0 saturated carbocycles. The number of aromatic nitrogens is 3. The van der Waals surface area contributed by atoms with Gasteiger partial charge in [0.2, 0.25) is 4.80 Å². The third kappa shape index (κ3) is 4.34. The molecule has 0 bridgehead atoms. The molecule has 3 aromatic heterocycles. The van der Waals surface area contributed by atoms with E-state index in [0.717, 1.165) is 27.5 Å². The smallest absolute Gasteiger partial charge is 0.283 e. The van der Waals surface area contributed by atoms with Gasteiger partial charge in [0.1, 0.15) is 0 Å². The molecule has 8 heteroatoms. The van der Waals surface area contributed by atoms with Crippen LogP contribution in [0.25, 0.3) is 16.9 Å². The highest BCUT2D eigenvalue weighted by atomic mass is 32.1. The third-order valence-electron chi connectivity index (χ3n) is 6.41. The van der Waals surface area contributed by atoms with Gasteiger partial charge in [-0.05, 0) is 74.0 Å². The lowest BCUT2D eigenvalue weighted by molar-refractivity contribution is 0.630. The summed E-state index contributed by atoms with van der Waals surface area (Å²) in [4.78, 5) is 20.1. The standard InChI is InChI=1S/C28H27N5OS2/c1-18-11-12-22(15-20(18)3)24-17-36-28(32(24)29-16-25-19(2)13-14-35-25)30-26-21(4)31(5)33(27(26)34)23-9-7-6-8-10-23/h6-17H,1-5H3. The monoisotopic (exact) mass is 513 g/mol. The second kappa shape index (κ2) is 9.72. The fourth-order valence-electron chi connectivity index (χ4n) is 3.99. The molecule has 0 atom stereocenters. The number of aryl methyl sites for hydroxylation is 3. The highest BCUT2D eigenvalue weighted by Crippen LogP contribution is 2.24. The summed E-state index contributed by atoms with van der Waals surface area (Å²) in [5.41, 5.74) is 7.46. The summed E-state index contributed by atoms with van der Waals surface area (Å²) in [5.74, 6) is 0. The molecule has 0 aliphatic carbocycles. The van der Waals surface area contributed by atoms with Crippen molar-refractivity contribution in [2.45, 2.75) is 27.7 Å². The van der Waals surface area contributed by atoms with E-state index in [4.69, 9.17) is 10.1 Å². The van der Waals surface area contributed by atoms with Crippen molar-refractivity contribution in [2.75, 3.05) is 0 Å². The van der Waals surface area contributed by atoms with Crippen LogP contribution in [0.1, 0.15) is 27.3 Å². The van der Waals surface area contributed by atoms with Crippen molar-refractivity contribution >= 4 is 34.6 Å². The fourth-order valence-corrected chi connectivity index (χ4v) is 5.62. The van der Waals surface area contributed by atoms with Gasteiger partial charge in [0, 0.05) is 18.0 Å². The number of hydrogen-bond acceptors (Lipinski definition) is 5. The Hall–Kier alpha value is -3.75. The van der Waals surface area contributed by atoms with Crippen LogP contribution in [0, 0.1) is 27.7 Å². The average molecular weight is 514 g/mol. The highest BCUT2D eigenvalue weighted by molar-refractivity contribution is 7.11. The Morgan fingerprint density at radius 2 is 1.67 bits per heavy atom. The van der Waals surface area contributed by atoms with E-state index in [9.17, 15) is 4.79 Å². The minimum atomic E-state index is -0.160. The lowest BCUT2D eigenvalue weighted by atomic mass is 10.1. The van der Waals surface area contributed by atoms with Gasteiger partial charge in [-0.2, -0.15) is 5.10 Å². The van der Waals surface area contributed by atoms with E-state index in [-0.39, 0.29) is 5.56 Å². The summed E-state index contributed by atoms with van der Waals surface area (Å²) in [6.07, 6.45) is 1.87. The number of benzene rings is 2. The molecule has 182 valence electrons. The lowest BCUT2D eigenvalue weighted by Crippen LogP contribution is -2.19. The van der Waals surface area contributed by atoms with Crippen molar-refractivity contribution in [3.8, 4) is 16.9 Å². The highest BCUT2D eigenvalue weighted by Gasteiger charge is 2.17. The van der Waals surface area contributed by atoms with E-state index in [2.05, 4.69) is 55.8 Å². The Labute approximate surface area is 217 Å². The minimum Gasteiger partial charge on any atom is -0.283 e. The molecule has 0 radical (unpaired) electrons. The van der Waals surface area contributed by atoms with Gasteiger partial charge in [-0.3, -0.25) is 9.48 Å². The molecule has 0 fully saturated rings. The topological polar surface area (TPSA) is 56.6 Å². The number of thiazole rings is 1. The van der Waals surface area contributed by atoms with Crippen molar-refractivity contribution in [3.63, 3.8) is 0 Å². The van der Waals surface area contributed by atoms with Crippen molar-refractivity contribution in [1.29, 1.82) is 0 Å². The van der Waals surface area contributed by atoms with Crippen molar-refractivity contribution in [1.82, 2.24) is 14.0 Å². The third-order valence-corrected chi connectivity index (χ3v) is 8.18. The number of nitrogens with zero attached hydrogens (tertiary/aromatic N) is 5. The zero-order chi connectivity index (χ0) is 25.4. The van der Waals surface area contributed by atoms with Crippen LogP contribution in [-0.4, -0.2) is 20.3 Å². The van der Waals surface area contributed by atoms with E-state index in [1.165, 1.54) is 28.0 Å². The minimum absolute atomic E-state index is 0.160. The molecule has 0 aliphatic rings. The fraction of sp³-hybridized carbons (Fsp3) is 0.179. The van der Waals surface area contributed by atoms with Crippen molar-refractivity contribution in [2.24, 2.45) is 17.1 Å². The first-order valence-electron chi connectivity index (χ1n) is 11.6. The van der Waals surface area contributed by atoms with E-state index in [1.807, 2.05) is 59.9 Å². The summed E-state index contributed by atoms with van der Waals surface area (Å²) in [5, 5.41) is 8.95. The van der Waals surface area contributed by atoms with Crippen LogP contribution in [-0.2, 0) is 7.05 Å². The Balaban J connectivity index is 1.71. The Bertz CT molecular complexity index is 1710. The maximum Gasteiger partial charge on any atom is 0.297 e. The van der Waals surface area contributed by atoms with E-state index < -0.39 is 0 Å². The number of hydrogen-bond donors (Lipinski definition) is 0. The molecule has 0 aliphatic heterocycles. The van der Waals surface area contributed by atoms with Crippen LogP contribution in [0.4, 0.5) is 5.69 Å². The first kappa shape index (κ1) is 24.0. The molecule has 36 heavy (non-hydrogen) atoms. The maximum atomic E-state index is 13.5. The van der Waals surface area contributed by atoms with Crippen LogP contribution in [0.3, 0.4) is 0 Å². The van der Waals surface area contributed by atoms with Gasteiger partial charge in [-0.15, -0.1) is 22.7 Å². The zero-order valence-electron chi connectivity index (χ0n) is 20.9. The van der Waals surface area contributed by atoms with Gasteiger partial charge in [-0.1, -0.05) is 30.3 Å². The summed E-state index contributed by atoms with van der Waals surface area (Å²) >= 11 is 3.12. The largest absolute Gasteiger partial charge is 0.297 e. The molecular weight excluding hydrogens is 486 g/mol. The van der Waals surface area contributed by atoms with E-state index >= 15 is 0 Å². The van der Waals surface area contributed by atoms with Crippen LogP contribution >= 0.6 is 22.7 Å². The second-order valence-electron chi connectivity index (χ2n) is 8.75. The molecule has 5 rings (SSSR count). The SMILES string of the molecule is Cc1ccc(-c2csc(=Nc3c(C)n(C)n(-c4ccccc4)c3=O)n2N=Cc2sccc2C)cc1C. The van der Waals surface area contributed by atoms with Crippen molar-refractivity contribution < 1.29 is 0 Å². The van der Waals surface area contributed by atoms with E-state index in [0.29, 0.717) is 10.5 Å². The second-order valence-corrected chi connectivity index (χ2v) is 10.5. The molecule has 0 saturated heterocycles. The number of thiophene rings is 1. The molecule has 2 aromatic carbocycles. The Morgan fingerprint density at radius 1 is 0.889 bits per heavy atom. The molecule has 0 N–H and O–H groups in total. The predicted molar refractivity (Wildman–Crippen MR) is 150 cm³/mol. The van der Waals surface area contributed by atoms with Gasteiger partial charge in [-0.25, -0.2) is 14.4 Å². The van der Waals surface area contributed by atoms with Gasteiger partial charge < -0.3 is 0 Å². The quantitative estimate of drug-likeness (QED) is 0.261. The summed E-state index contributed by atoms with van der Waals surface area (Å²) in [6.45, 7) is 8.21. The van der Waals surface area contributed by atoms with Crippen molar-refractivity contribution in [3.05, 3.63) is 108 Å². The van der Waals surface area contributed by atoms with E-state index in [1.54, 1.807) is 16.0 Å². The molecule has 0 spiro atoms. The molecule has 5 aromatic rings. The molecule has 0 amide bonds. The zero-order valence-corrected chi connectivity index (χ0v) is 22.5. The molecule has 6 nitrogen and oxygen atoms in total. The first-order chi connectivity index (χ1) is 17.3. The van der Waals surface area contributed by atoms with Gasteiger partial charge in [0.15, 0.2) is 5.69 Å². The average Bonchev–Trinajstić information content (AvgIpc) is 3.53. The first-order valence-corrected chi connectivity index (χ1v) is 13.4. The summed E-state index contributed by atoms with van der Waals surface area (Å²) < 4.78 is 5.33. The summed E-state index contributed by atoms with van der Waals surface area (Å²) in [7, 11) is 1.88. The van der Waals surface area contributed by atoms with Gasteiger partial charge >= 0.3 is 0 Å². The Morgan fingerprint density at radius 3 is 2.36 bits per heavy atom. The van der Waals surface area contributed by atoms with Crippen LogP contribution in [0.2, 0.25) is 0 Å². The lowest BCUT2D eigenvalue weighted by Gasteiger charge is -2.07. The van der Waals surface area contributed by atoms with Gasteiger partial charge in [0.05, 0.1) is 28.2 Å². The van der Waals surface area contributed by atoms with Crippen LogP contribution in [0.15, 0.2) is 80.2 Å². The molecule has 3 heterocycles. The molecular formula is C28H27N5OS2. The summed E-state index contributed by atoms with van der Waals surface area (Å²) in [6, 6.07) is 18.1. The van der Waals surface area contributed by atoms with Crippen LogP contribution in [0.5, 0.6) is 0 Å². The van der Waals surface area contributed by atoms with Crippen LogP contribution < -0.4 is 10.4 Å². The van der Waals surface area contributed by atoms with Gasteiger partial charge in [0.25, 0.3) is 5.56 Å². The number of rotatable bonds is 5. The molecule has 0 unspecified atom stereocenters.